The van der Waals surface area contributed by atoms with Crippen LogP contribution in [0.2, 0.25) is 0 Å². The molecule has 1 aromatic carbocycles. The third-order valence-corrected chi connectivity index (χ3v) is 2.82. The zero-order valence-corrected chi connectivity index (χ0v) is 8.82. The first-order valence-corrected chi connectivity index (χ1v) is 5.04. The van der Waals surface area contributed by atoms with E-state index >= 15 is 0 Å². The van der Waals surface area contributed by atoms with E-state index in [1.54, 1.807) is 6.07 Å². The number of nitriles is 1. The molecule has 1 fully saturated rings. The van der Waals surface area contributed by atoms with E-state index in [1.165, 1.54) is 18.2 Å². The molecule has 3 nitrogen and oxygen atoms in total. The lowest BCUT2D eigenvalue weighted by molar-refractivity contribution is -0.126. The number of Topliss-reactive ketones (excluding diaryl/α,β-unsaturated/α-hetero) is 1. The number of ketones is 1. The van der Waals surface area contributed by atoms with Crippen LogP contribution < -0.4 is 4.74 Å². The maximum absolute atomic E-state index is 12.0. The Hall–Kier alpha value is -1.96. The summed E-state index contributed by atoms with van der Waals surface area (Å²) in [5.41, 5.74) is -0.309. The Morgan fingerprint density at radius 3 is 2.65 bits per heavy atom. The van der Waals surface area contributed by atoms with Gasteiger partial charge in [-0.05, 0) is 17.7 Å². The summed E-state index contributed by atoms with van der Waals surface area (Å²) in [7, 11) is 0. The molecule has 0 aliphatic heterocycles. The molecule has 5 heteroatoms. The van der Waals surface area contributed by atoms with E-state index in [2.05, 4.69) is 10.8 Å². The molecule has 2 rings (SSSR count). The van der Waals surface area contributed by atoms with Crippen molar-refractivity contribution in [2.45, 2.75) is 24.9 Å². The number of carbonyl (C=O) groups is 1. The second kappa shape index (κ2) is 4.13. The number of hydrogen-bond donors (Lipinski definition) is 0. The lowest BCUT2D eigenvalue weighted by atomic mass is 9.65. The first-order valence-electron chi connectivity index (χ1n) is 5.04. The largest absolute Gasteiger partial charge is 0.435 e. The van der Waals surface area contributed by atoms with Crippen LogP contribution >= 0.6 is 0 Å². The first-order chi connectivity index (χ1) is 8.05. The van der Waals surface area contributed by atoms with Crippen LogP contribution in [-0.2, 0) is 10.2 Å². The van der Waals surface area contributed by atoms with Gasteiger partial charge in [-0.15, -0.1) is 0 Å². The maximum atomic E-state index is 12.0. The van der Waals surface area contributed by atoms with Crippen LogP contribution in [-0.4, -0.2) is 12.4 Å². The van der Waals surface area contributed by atoms with Gasteiger partial charge in [0.05, 0.1) is 11.5 Å². The fraction of sp³-hybridized carbons (Fsp3) is 0.333. The van der Waals surface area contributed by atoms with Gasteiger partial charge in [0.2, 0.25) is 0 Å². The van der Waals surface area contributed by atoms with Crippen LogP contribution in [0.15, 0.2) is 24.3 Å². The number of benzene rings is 1. The van der Waals surface area contributed by atoms with E-state index in [1.807, 2.05) is 0 Å². The highest BCUT2D eigenvalue weighted by Gasteiger charge is 2.45. The number of rotatable bonds is 3. The average molecular weight is 237 g/mol. The van der Waals surface area contributed by atoms with Crippen molar-refractivity contribution in [2.75, 3.05) is 0 Å². The van der Waals surface area contributed by atoms with Crippen molar-refractivity contribution in [2.24, 2.45) is 0 Å². The van der Waals surface area contributed by atoms with Crippen LogP contribution in [0.1, 0.15) is 18.4 Å². The number of nitrogens with zero attached hydrogens (tertiary/aromatic N) is 1. The number of ether oxygens (including phenoxy) is 1. The van der Waals surface area contributed by atoms with Gasteiger partial charge in [0, 0.05) is 12.8 Å². The molecule has 0 N–H and O–H groups in total. The Bertz CT molecular complexity index is 486. The minimum absolute atomic E-state index is 0.00599. The minimum atomic E-state index is -2.90. The highest BCUT2D eigenvalue weighted by Crippen LogP contribution is 2.41. The van der Waals surface area contributed by atoms with Crippen LogP contribution in [0.25, 0.3) is 0 Å². The molecule has 1 aliphatic carbocycles. The number of alkyl halides is 2. The molecule has 88 valence electrons. The SMILES string of the molecule is N#CC1(c2cccc(OC(F)F)c2)CC(=O)C1. The summed E-state index contributed by atoms with van der Waals surface area (Å²) in [6, 6.07) is 8.04. The van der Waals surface area contributed by atoms with Crippen molar-refractivity contribution in [3.8, 4) is 11.8 Å². The molecule has 0 aromatic heterocycles. The lowest BCUT2D eigenvalue weighted by Gasteiger charge is -2.34. The molecule has 0 heterocycles. The zero-order chi connectivity index (χ0) is 12.5. The minimum Gasteiger partial charge on any atom is -0.435 e. The molecular formula is C12H9F2NO2. The van der Waals surface area contributed by atoms with Crippen molar-refractivity contribution in [1.29, 1.82) is 5.26 Å². The third-order valence-electron chi connectivity index (χ3n) is 2.82. The van der Waals surface area contributed by atoms with E-state index in [0.717, 1.165) is 0 Å². The van der Waals surface area contributed by atoms with Gasteiger partial charge in [0.25, 0.3) is 0 Å². The summed E-state index contributed by atoms with van der Waals surface area (Å²) in [6.45, 7) is -2.90. The normalized spacial score (nSPS) is 17.4. The maximum Gasteiger partial charge on any atom is 0.387 e. The summed E-state index contributed by atoms with van der Waals surface area (Å²) in [4.78, 5) is 11.0. The fourth-order valence-corrected chi connectivity index (χ4v) is 1.94. The molecule has 0 radical (unpaired) electrons. The lowest BCUT2D eigenvalue weighted by Crippen LogP contribution is -2.40. The third kappa shape index (κ3) is 2.11. The van der Waals surface area contributed by atoms with E-state index in [-0.39, 0.29) is 24.4 Å². The van der Waals surface area contributed by atoms with E-state index in [4.69, 9.17) is 5.26 Å². The molecular weight excluding hydrogens is 228 g/mol. The van der Waals surface area contributed by atoms with Crippen molar-refractivity contribution >= 4 is 5.78 Å². The molecule has 17 heavy (non-hydrogen) atoms. The summed E-state index contributed by atoms with van der Waals surface area (Å²) in [6.07, 6.45) is 0.281. The first kappa shape index (κ1) is 11.5. The Labute approximate surface area is 96.6 Å². The Morgan fingerprint density at radius 1 is 1.41 bits per heavy atom. The van der Waals surface area contributed by atoms with Crippen molar-refractivity contribution in [3.63, 3.8) is 0 Å². The molecule has 1 saturated carbocycles. The molecule has 0 saturated heterocycles. The summed E-state index contributed by atoms with van der Waals surface area (Å²) in [5, 5.41) is 9.09. The highest BCUT2D eigenvalue weighted by atomic mass is 19.3. The fourth-order valence-electron chi connectivity index (χ4n) is 1.94. The second-order valence-electron chi connectivity index (χ2n) is 3.99. The molecule has 1 aromatic rings. The molecule has 0 amide bonds. The Kier molecular flexibility index (Phi) is 2.80. The summed E-state index contributed by atoms with van der Waals surface area (Å²) >= 11 is 0. The van der Waals surface area contributed by atoms with Gasteiger partial charge in [0.1, 0.15) is 11.5 Å². The number of carbonyl (C=O) groups excluding carboxylic acids is 1. The smallest absolute Gasteiger partial charge is 0.387 e. The van der Waals surface area contributed by atoms with Gasteiger partial charge in [0.15, 0.2) is 0 Å². The Balaban J connectivity index is 2.27. The summed E-state index contributed by atoms with van der Waals surface area (Å²) in [5.74, 6) is 0.0122. The van der Waals surface area contributed by atoms with Gasteiger partial charge in [-0.1, -0.05) is 12.1 Å². The standard InChI is InChI=1S/C12H9F2NO2/c13-11(14)17-10-3-1-2-8(4-10)12(7-15)5-9(16)6-12/h1-4,11H,5-6H2. The van der Waals surface area contributed by atoms with Gasteiger partial charge in [-0.25, -0.2) is 0 Å². The van der Waals surface area contributed by atoms with Crippen molar-refractivity contribution in [1.82, 2.24) is 0 Å². The van der Waals surface area contributed by atoms with E-state index < -0.39 is 12.0 Å². The van der Waals surface area contributed by atoms with Crippen molar-refractivity contribution in [3.05, 3.63) is 29.8 Å². The number of hydrogen-bond acceptors (Lipinski definition) is 3. The topological polar surface area (TPSA) is 50.1 Å². The quantitative estimate of drug-likeness (QED) is 0.811. The van der Waals surface area contributed by atoms with Gasteiger partial charge >= 0.3 is 6.61 Å². The molecule has 0 atom stereocenters. The molecule has 1 aliphatic rings. The number of halogens is 2. The predicted octanol–water partition coefficient (Wildman–Crippen LogP) is 2.41. The average Bonchev–Trinajstić information content (AvgIpc) is 2.24. The van der Waals surface area contributed by atoms with Gasteiger partial charge < -0.3 is 4.74 Å². The van der Waals surface area contributed by atoms with E-state index in [9.17, 15) is 13.6 Å². The van der Waals surface area contributed by atoms with Crippen LogP contribution in [0.5, 0.6) is 5.75 Å². The van der Waals surface area contributed by atoms with Gasteiger partial charge in [-0.2, -0.15) is 14.0 Å². The van der Waals surface area contributed by atoms with Crippen LogP contribution in [0.4, 0.5) is 8.78 Å². The van der Waals surface area contributed by atoms with Crippen molar-refractivity contribution < 1.29 is 18.3 Å². The zero-order valence-electron chi connectivity index (χ0n) is 8.82. The predicted molar refractivity (Wildman–Crippen MR) is 54.6 cm³/mol. The van der Waals surface area contributed by atoms with Crippen LogP contribution in [0.3, 0.4) is 0 Å². The molecule has 0 unspecified atom stereocenters. The molecule has 0 spiro atoms. The monoisotopic (exact) mass is 237 g/mol. The van der Waals surface area contributed by atoms with Crippen LogP contribution in [0, 0.1) is 11.3 Å². The molecule has 0 bridgehead atoms. The van der Waals surface area contributed by atoms with E-state index in [0.29, 0.717) is 5.56 Å². The highest BCUT2D eigenvalue weighted by molar-refractivity contribution is 5.90. The summed E-state index contributed by atoms with van der Waals surface area (Å²) < 4.78 is 28.4. The van der Waals surface area contributed by atoms with Gasteiger partial charge in [-0.3, -0.25) is 4.79 Å². The Morgan fingerprint density at radius 2 is 2.12 bits per heavy atom. The second-order valence-corrected chi connectivity index (χ2v) is 3.99.